The number of amides is 1. The van der Waals surface area contributed by atoms with Gasteiger partial charge >= 0.3 is 6.09 Å². The number of aromatic nitrogens is 1. The highest BCUT2D eigenvalue weighted by Crippen LogP contribution is 2.32. The molecule has 1 aromatic heterocycles. The van der Waals surface area contributed by atoms with Crippen molar-refractivity contribution in [1.29, 1.82) is 0 Å². The molecule has 0 radical (unpaired) electrons. The zero-order valence-electron chi connectivity index (χ0n) is 16.6. The van der Waals surface area contributed by atoms with Crippen LogP contribution in [0.1, 0.15) is 50.6 Å². The number of hydrogen-bond donors (Lipinski definition) is 3. The molecule has 1 amide bonds. The maximum absolute atomic E-state index is 11.7. The van der Waals surface area contributed by atoms with Gasteiger partial charge in [0.15, 0.2) is 5.96 Å². The van der Waals surface area contributed by atoms with Crippen molar-refractivity contribution in [3.05, 3.63) is 17.0 Å². The van der Waals surface area contributed by atoms with Crippen LogP contribution in [0.3, 0.4) is 0 Å². The normalized spacial score (nSPS) is 14.9. The minimum atomic E-state index is -0.362. The average molecular weight is 493 g/mol. The lowest BCUT2D eigenvalue weighted by molar-refractivity contribution is 0.146. The van der Waals surface area contributed by atoms with Gasteiger partial charge in [-0.2, -0.15) is 0 Å². The zero-order chi connectivity index (χ0) is 18.9. The molecule has 0 bridgehead atoms. The zero-order valence-corrected chi connectivity index (χ0v) is 19.0. The quantitative estimate of drug-likeness (QED) is 0.278. The standard InChI is InChI=1S/C18H31N5O3.HI/c1-5-14-13(16(6-2)26-23-14)10-20-17(19-4)21-11-15(12-8-9-12)22-18(24)25-7-3;/h12,15H,5-11H2,1-4H3,(H,22,24)(H2,19,20,21);1H. The number of guanidine groups is 1. The van der Waals surface area contributed by atoms with Crippen LogP contribution in [0, 0.1) is 5.92 Å². The molecule has 0 aromatic carbocycles. The van der Waals surface area contributed by atoms with Crippen LogP contribution >= 0.6 is 24.0 Å². The van der Waals surface area contributed by atoms with Crippen LogP contribution in [0.2, 0.25) is 0 Å². The summed E-state index contributed by atoms with van der Waals surface area (Å²) in [5.41, 5.74) is 2.07. The Morgan fingerprint density at radius 1 is 1.30 bits per heavy atom. The van der Waals surface area contributed by atoms with Crippen molar-refractivity contribution in [1.82, 2.24) is 21.1 Å². The number of carbonyl (C=O) groups excluding carboxylic acids is 1. The van der Waals surface area contributed by atoms with Crippen molar-refractivity contribution in [2.45, 2.75) is 59.0 Å². The highest BCUT2D eigenvalue weighted by atomic mass is 127. The molecule has 2 rings (SSSR count). The molecule has 27 heavy (non-hydrogen) atoms. The fourth-order valence-corrected chi connectivity index (χ4v) is 2.90. The molecule has 1 atom stereocenters. The number of rotatable bonds is 9. The predicted molar refractivity (Wildman–Crippen MR) is 116 cm³/mol. The molecule has 1 aromatic rings. The Morgan fingerprint density at radius 2 is 2.04 bits per heavy atom. The summed E-state index contributed by atoms with van der Waals surface area (Å²) in [5.74, 6) is 2.10. The first-order valence-electron chi connectivity index (χ1n) is 9.46. The van der Waals surface area contributed by atoms with Gasteiger partial charge in [0.05, 0.1) is 18.3 Å². The second-order valence-corrected chi connectivity index (χ2v) is 6.35. The van der Waals surface area contributed by atoms with E-state index in [2.05, 4.69) is 39.9 Å². The molecule has 0 aliphatic heterocycles. The summed E-state index contributed by atoms with van der Waals surface area (Å²) in [7, 11) is 1.73. The van der Waals surface area contributed by atoms with Gasteiger partial charge in [-0.15, -0.1) is 24.0 Å². The summed E-state index contributed by atoms with van der Waals surface area (Å²) in [6, 6.07) is 0.0422. The lowest BCUT2D eigenvalue weighted by Gasteiger charge is -2.20. The van der Waals surface area contributed by atoms with Crippen LogP contribution < -0.4 is 16.0 Å². The van der Waals surface area contributed by atoms with Crippen LogP contribution in [0.5, 0.6) is 0 Å². The number of aliphatic imine (C=N–C) groups is 1. The van der Waals surface area contributed by atoms with E-state index in [-0.39, 0.29) is 36.1 Å². The summed E-state index contributed by atoms with van der Waals surface area (Å²) in [5, 5.41) is 13.7. The molecule has 1 saturated carbocycles. The first-order valence-corrected chi connectivity index (χ1v) is 9.46. The van der Waals surface area contributed by atoms with Gasteiger partial charge in [0, 0.05) is 32.1 Å². The highest BCUT2D eigenvalue weighted by Gasteiger charge is 2.32. The van der Waals surface area contributed by atoms with Gasteiger partial charge in [0.1, 0.15) is 5.76 Å². The molecule has 154 valence electrons. The van der Waals surface area contributed by atoms with Crippen molar-refractivity contribution in [3.63, 3.8) is 0 Å². The van der Waals surface area contributed by atoms with Crippen molar-refractivity contribution >= 4 is 36.0 Å². The third kappa shape index (κ3) is 7.19. The molecular formula is C18H32IN5O3. The molecule has 3 N–H and O–H groups in total. The Balaban J connectivity index is 0.00000364. The summed E-state index contributed by atoms with van der Waals surface area (Å²) in [4.78, 5) is 16.0. The summed E-state index contributed by atoms with van der Waals surface area (Å²) in [6.07, 6.45) is 3.54. The Labute approximate surface area is 178 Å². The first-order chi connectivity index (χ1) is 12.6. The second-order valence-electron chi connectivity index (χ2n) is 6.35. The van der Waals surface area contributed by atoms with Crippen LogP contribution in [0.15, 0.2) is 9.52 Å². The smallest absolute Gasteiger partial charge is 0.407 e. The van der Waals surface area contributed by atoms with Gasteiger partial charge in [-0.1, -0.05) is 19.0 Å². The molecule has 1 heterocycles. The Morgan fingerprint density at radius 3 is 2.59 bits per heavy atom. The number of halogens is 1. The summed E-state index contributed by atoms with van der Waals surface area (Å²) >= 11 is 0. The molecular weight excluding hydrogens is 461 g/mol. The van der Waals surface area contributed by atoms with Gasteiger partial charge in [0.2, 0.25) is 0 Å². The number of aryl methyl sites for hydroxylation is 2. The molecule has 8 nitrogen and oxygen atoms in total. The van der Waals surface area contributed by atoms with Gasteiger partial charge in [-0.3, -0.25) is 4.99 Å². The fraction of sp³-hybridized carbons (Fsp3) is 0.722. The van der Waals surface area contributed by atoms with Crippen molar-refractivity contribution in [2.75, 3.05) is 20.2 Å². The minimum Gasteiger partial charge on any atom is -0.450 e. The van der Waals surface area contributed by atoms with E-state index in [1.165, 1.54) is 0 Å². The molecule has 1 aliphatic carbocycles. The lowest BCUT2D eigenvalue weighted by Crippen LogP contribution is -2.48. The molecule has 1 aliphatic rings. The van der Waals surface area contributed by atoms with E-state index in [1.54, 1.807) is 14.0 Å². The minimum absolute atomic E-state index is 0. The molecule has 1 fully saturated rings. The van der Waals surface area contributed by atoms with Crippen molar-refractivity contribution in [3.8, 4) is 0 Å². The van der Waals surface area contributed by atoms with E-state index in [4.69, 9.17) is 9.26 Å². The Bertz CT molecular complexity index is 595. The van der Waals surface area contributed by atoms with Gasteiger partial charge in [-0.05, 0) is 32.1 Å². The van der Waals surface area contributed by atoms with E-state index in [0.29, 0.717) is 31.6 Å². The molecule has 9 heteroatoms. The van der Waals surface area contributed by atoms with Crippen molar-refractivity contribution < 1.29 is 14.1 Å². The van der Waals surface area contributed by atoms with E-state index in [9.17, 15) is 4.79 Å². The van der Waals surface area contributed by atoms with E-state index in [0.717, 1.165) is 42.7 Å². The fourth-order valence-electron chi connectivity index (χ4n) is 2.90. The maximum atomic E-state index is 11.7. The summed E-state index contributed by atoms with van der Waals surface area (Å²) < 4.78 is 10.4. The molecule has 0 saturated heterocycles. The lowest BCUT2D eigenvalue weighted by atomic mass is 10.1. The maximum Gasteiger partial charge on any atom is 0.407 e. The Hall–Kier alpha value is -1.52. The first kappa shape index (κ1) is 23.5. The van der Waals surface area contributed by atoms with Crippen LogP contribution in [0.4, 0.5) is 4.79 Å². The molecule has 0 spiro atoms. The number of alkyl carbamates (subject to hydrolysis) is 1. The number of nitrogens with one attached hydrogen (secondary N) is 3. The third-order valence-corrected chi connectivity index (χ3v) is 4.52. The van der Waals surface area contributed by atoms with E-state index >= 15 is 0 Å². The number of carbonyl (C=O) groups is 1. The third-order valence-electron chi connectivity index (χ3n) is 4.52. The predicted octanol–water partition coefficient (Wildman–Crippen LogP) is 2.61. The number of nitrogens with zero attached hydrogens (tertiary/aromatic N) is 2. The number of ether oxygens (including phenoxy) is 1. The van der Waals surface area contributed by atoms with E-state index in [1.807, 2.05) is 0 Å². The monoisotopic (exact) mass is 493 g/mol. The number of hydrogen-bond acceptors (Lipinski definition) is 5. The van der Waals surface area contributed by atoms with Gasteiger partial charge in [-0.25, -0.2) is 4.79 Å². The second kappa shape index (κ2) is 12.0. The molecule has 1 unspecified atom stereocenters. The van der Waals surface area contributed by atoms with E-state index < -0.39 is 0 Å². The highest BCUT2D eigenvalue weighted by molar-refractivity contribution is 14.0. The van der Waals surface area contributed by atoms with Crippen LogP contribution in [-0.2, 0) is 24.1 Å². The van der Waals surface area contributed by atoms with Gasteiger partial charge in [0.25, 0.3) is 0 Å². The Kier molecular flexibility index (Phi) is 10.5. The summed E-state index contributed by atoms with van der Waals surface area (Å²) in [6.45, 7) is 7.50. The van der Waals surface area contributed by atoms with Crippen molar-refractivity contribution in [2.24, 2.45) is 10.9 Å². The largest absolute Gasteiger partial charge is 0.450 e. The van der Waals surface area contributed by atoms with Crippen LogP contribution in [-0.4, -0.2) is 43.5 Å². The SMILES string of the molecule is CCOC(=O)NC(CNC(=NC)NCc1c(CC)noc1CC)C1CC1.I. The van der Waals surface area contributed by atoms with Gasteiger partial charge < -0.3 is 25.2 Å². The topological polar surface area (TPSA) is 101 Å². The van der Waals surface area contributed by atoms with Crippen LogP contribution in [0.25, 0.3) is 0 Å². The average Bonchev–Trinajstić information content (AvgIpc) is 3.41.